The summed E-state index contributed by atoms with van der Waals surface area (Å²) in [7, 11) is 2.20. The maximum absolute atomic E-state index is 12.8. The fourth-order valence-electron chi connectivity index (χ4n) is 4.05. The maximum atomic E-state index is 12.8. The second kappa shape index (κ2) is 7.80. The number of rotatable bonds is 3. The predicted octanol–water partition coefficient (Wildman–Crippen LogP) is 0.632. The molecule has 0 atom stereocenters. The van der Waals surface area contributed by atoms with E-state index in [1.807, 2.05) is 48.5 Å². The number of likely N-dealkylation sites (N-methyl/N-ethyl adjacent to an activating group) is 1. The summed E-state index contributed by atoms with van der Waals surface area (Å²) in [6.45, 7) is 2.73. The van der Waals surface area contributed by atoms with Crippen LogP contribution >= 0.6 is 0 Å². The van der Waals surface area contributed by atoms with Crippen LogP contribution in [0.15, 0.2) is 48.5 Å². The van der Waals surface area contributed by atoms with Gasteiger partial charge in [0.25, 0.3) is 5.91 Å². The van der Waals surface area contributed by atoms with Crippen LogP contribution in [0.5, 0.6) is 11.5 Å². The number of nitrogens with zero attached hydrogens (tertiary/aromatic N) is 1. The number of hydrogen-bond acceptors (Lipinski definition) is 2. The van der Waals surface area contributed by atoms with Crippen molar-refractivity contribution in [2.75, 3.05) is 26.7 Å². The first-order chi connectivity index (χ1) is 12.1. The van der Waals surface area contributed by atoms with Gasteiger partial charge < -0.3 is 31.5 Å². The number of carbonyl (C=O) groups excluding carboxylic acids is 1. The van der Waals surface area contributed by atoms with Crippen molar-refractivity contribution >= 4 is 5.91 Å². The number of hydrogen-bond donors (Lipinski definition) is 1. The number of halogens is 1. The van der Waals surface area contributed by atoms with Crippen molar-refractivity contribution in [2.45, 2.75) is 25.3 Å². The quantitative estimate of drug-likeness (QED) is 0.745. The van der Waals surface area contributed by atoms with Crippen LogP contribution < -0.4 is 27.0 Å². The summed E-state index contributed by atoms with van der Waals surface area (Å²) >= 11 is 0. The smallest absolute Gasteiger partial charge is 0.276 e. The molecule has 5 heteroatoms. The minimum Gasteiger partial charge on any atom is -1.00 e. The van der Waals surface area contributed by atoms with Gasteiger partial charge in [0, 0.05) is 11.1 Å². The van der Waals surface area contributed by atoms with Crippen molar-refractivity contribution < 1.29 is 31.0 Å². The molecule has 2 aliphatic rings. The third-order valence-electron chi connectivity index (χ3n) is 5.41. The average Bonchev–Trinajstić information content (AvgIpc) is 2.61. The van der Waals surface area contributed by atoms with Crippen LogP contribution in [0.4, 0.5) is 0 Å². The zero-order chi connectivity index (χ0) is 17.3. The fourth-order valence-corrected chi connectivity index (χ4v) is 4.05. The number of benzene rings is 2. The van der Waals surface area contributed by atoms with E-state index in [1.165, 1.54) is 19.3 Å². The van der Waals surface area contributed by atoms with Gasteiger partial charge in [0.2, 0.25) is 0 Å². The Balaban J connectivity index is 0.00000196. The SMILES string of the molecule is C[N+]1(CC(=O)NC2c3ccccc3Oc3ccccc32)CCCCC1.[Br-]. The first kappa shape index (κ1) is 18.9. The zero-order valence-corrected chi connectivity index (χ0v) is 16.7. The van der Waals surface area contributed by atoms with Gasteiger partial charge in [0.1, 0.15) is 11.5 Å². The van der Waals surface area contributed by atoms with Gasteiger partial charge in [-0.15, -0.1) is 0 Å². The van der Waals surface area contributed by atoms with Gasteiger partial charge in [0.05, 0.1) is 26.2 Å². The van der Waals surface area contributed by atoms with Crippen molar-refractivity contribution in [3.8, 4) is 11.5 Å². The molecule has 26 heavy (non-hydrogen) atoms. The van der Waals surface area contributed by atoms with Crippen LogP contribution in [0.25, 0.3) is 0 Å². The van der Waals surface area contributed by atoms with Crippen LogP contribution in [-0.2, 0) is 4.79 Å². The standard InChI is InChI=1S/C21H24N2O2.BrH/c1-23(13-7-2-8-14-23)15-20(24)22-21-16-9-3-5-11-18(16)25-19-12-6-4-10-17(19)21;/h3-6,9-12,21H,2,7-8,13-15H2,1H3;1H. The van der Waals surface area contributed by atoms with E-state index >= 15 is 0 Å². The summed E-state index contributed by atoms with van der Waals surface area (Å²) < 4.78 is 6.85. The summed E-state index contributed by atoms with van der Waals surface area (Å²) in [6.07, 6.45) is 3.72. The summed E-state index contributed by atoms with van der Waals surface area (Å²) in [5, 5.41) is 3.27. The molecule has 2 heterocycles. The normalized spacial score (nSPS) is 17.9. The second-order valence-corrected chi connectivity index (χ2v) is 7.46. The topological polar surface area (TPSA) is 38.3 Å². The van der Waals surface area contributed by atoms with Gasteiger partial charge in [-0.1, -0.05) is 36.4 Å². The molecule has 1 saturated heterocycles. The lowest BCUT2D eigenvalue weighted by Crippen LogP contribution is -3.00. The van der Waals surface area contributed by atoms with Gasteiger partial charge in [-0.05, 0) is 31.4 Å². The molecule has 0 unspecified atom stereocenters. The molecule has 2 aromatic rings. The molecule has 0 spiro atoms. The first-order valence-corrected chi connectivity index (χ1v) is 9.13. The molecular formula is C21H25BrN2O2. The highest BCUT2D eigenvalue weighted by Crippen LogP contribution is 2.42. The van der Waals surface area contributed by atoms with E-state index in [0.29, 0.717) is 6.54 Å². The molecule has 1 fully saturated rings. The third-order valence-corrected chi connectivity index (χ3v) is 5.41. The van der Waals surface area contributed by atoms with Crippen molar-refractivity contribution in [1.29, 1.82) is 0 Å². The number of likely N-dealkylation sites (tertiary alicyclic amines) is 1. The molecule has 1 amide bonds. The highest BCUT2D eigenvalue weighted by Gasteiger charge is 2.32. The predicted molar refractivity (Wildman–Crippen MR) is 97.6 cm³/mol. The Morgan fingerprint density at radius 1 is 1.00 bits per heavy atom. The average molecular weight is 417 g/mol. The summed E-state index contributed by atoms with van der Waals surface area (Å²) in [5.41, 5.74) is 2.05. The van der Waals surface area contributed by atoms with Crippen LogP contribution in [0.1, 0.15) is 36.4 Å². The van der Waals surface area contributed by atoms with Crippen molar-refractivity contribution in [3.63, 3.8) is 0 Å². The molecule has 0 radical (unpaired) electrons. The number of amides is 1. The largest absolute Gasteiger partial charge is 1.00 e. The number of quaternary nitrogens is 1. The van der Waals surface area contributed by atoms with Gasteiger partial charge in [0.15, 0.2) is 6.54 Å². The Morgan fingerprint density at radius 3 is 2.12 bits per heavy atom. The van der Waals surface area contributed by atoms with Gasteiger partial charge in [-0.25, -0.2) is 0 Å². The minimum atomic E-state index is -0.148. The molecule has 2 aliphatic heterocycles. The molecule has 4 rings (SSSR count). The molecule has 0 aliphatic carbocycles. The van der Waals surface area contributed by atoms with Gasteiger partial charge in [-0.2, -0.15) is 0 Å². The molecule has 4 nitrogen and oxygen atoms in total. The summed E-state index contributed by atoms with van der Waals surface area (Å²) in [5.74, 6) is 1.76. The minimum absolute atomic E-state index is 0. The van der Waals surface area contributed by atoms with Crippen LogP contribution in [-0.4, -0.2) is 37.1 Å². The fraction of sp³-hybridized carbons (Fsp3) is 0.381. The summed E-state index contributed by atoms with van der Waals surface area (Å²) in [6, 6.07) is 15.8. The Labute approximate surface area is 165 Å². The van der Waals surface area contributed by atoms with Crippen LogP contribution in [0, 0.1) is 0 Å². The molecule has 1 N–H and O–H groups in total. The number of carbonyl (C=O) groups is 1. The maximum Gasteiger partial charge on any atom is 0.276 e. The van der Waals surface area contributed by atoms with E-state index in [0.717, 1.165) is 40.2 Å². The highest BCUT2D eigenvalue weighted by atomic mass is 79.9. The second-order valence-electron chi connectivity index (χ2n) is 7.46. The van der Waals surface area contributed by atoms with E-state index < -0.39 is 0 Å². The van der Waals surface area contributed by atoms with Gasteiger partial charge in [-0.3, -0.25) is 4.79 Å². The summed E-state index contributed by atoms with van der Waals surface area (Å²) in [4.78, 5) is 12.8. The van der Waals surface area contributed by atoms with E-state index in [9.17, 15) is 4.79 Å². The third kappa shape index (κ3) is 3.79. The Bertz CT molecular complexity index is 742. The molecular weight excluding hydrogens is 392 g/mol. The van der Waals surface area contributed by atoms with Crippen molar-refractivity contribution in [3.05, 3.63) is 59.7 Å². The lowest BCUT2D eigenvalue weighted by Gasteiger charge is -2.37. The molecule has 0 saturated carbocycles. The van der Waals surface area contributed by atoms with E-state index in [4.69, 9.17) is 4.74 Å². The van der Waals surface area contributed by atoms with Crippen molar-refractivity contribution in [2.24, 2.45) is 0 Å². The Hall–Kier alpha value is -1.85. The zero-order valence-electron chi connectivity index (χ0n) is 15.1. The number of fused-ring (bicyclic) bond motifs is 2. The number of para-hydroxylation sites is 2. The van der Waals surface area contributed by atoms with E-state index in [2.05, 4.69) is 12.4 Å². The molecule has 0 bridgehead atoms. The molecule has 2 aromatic carbocycles. The number of ether oxygens (including phenoxy) is 1. The van der Waals surface area contributed by atoms with Gasteiger partial charge >= 0.3 is 0 Å². The number of nitrogens with one attached hydrogen (secondary N) is 1. The molecule has 138 valence electrons. The monoisotopic (exact) mass is 416 g/mol. The lowest BCUT2D eigenvalue weighted by atomic mass is 9.94. The lowest BCUT2D eigenvalue weighted by molar-refractivity contribution is -0.906. The Morgan fingerprint density at radius 2 is 1.54 bits per heavy atom. The first-order valence-electron chi connectivity index (χ1n) is 9.13. The van der Waals surface area contributed by atoms with E-state index in [1.54, 1.807) is 0 Å². The molecule has 0 aromatic heterocycles. The van der Waals surface area contributed by atoms with Crippen LogP contribution in [0.2, 0.25) is 0 Å². The Kier molecular flexibility index (Phi) is 5.68. The number of piperidine rings is 1. The highest BCUT2D eigenvalue weighted by molar-refractivity contribution is 5.78. The van der Waals surface area contributed by atoms with Crippen molar-refractivity contribution in [1.82, 2.24) is 5.32 Å². The van der Waals surface area contributed by atoms with Crippen LogP contribution in [0.3, 0.4) is 0 Å². The van der Waals surface area contributed by atoms with E-state index in [-0.39, 0.29) is 28.9 Å².